The molecule has 5 nitrogen and oxygen atoms in total. The van der Waals surface area contributed by atoms with Crippen LogP contribution in [0.5, 0.6) is 5.75 Å². The number of amides is 1. The van der Waals surface area contributed by atoms with Crippen LogP contribution in [0.3, 0.4) is 0 Å². The van der Waals surface area contributed by atoms with Gasteiger partial charge in [0.2, 0.25) is 0 Å². The molecule has 27 heavy (non-hydrogen) atoms. The highest BCUT2D eigenvalue weighted by molar-refractivity contribution is 6.46. The minimum absolute atomic E-state index is 0.104. The Labute approximate surface area is 158 Å². The summed E-state index contributed by atoms with van der Waals surface area (Å²) in [5, 5.41) is 11.0. The monoisotopic (exact) mass is 365 g/mol. The van der Waals surface area contributed by atoms with Gasteiger partial charge >= 0.3 is 0 Å². The predicted octanol–water partition coefficient (Wildman–Crippen LogP) is 3.92. The highest BCUT2D eigenvalue weighted by atomic mass is 16.5. The molecule has 0 spiro atoms. The molecule has 0 saturated carbocycles. The fraction of sp³-hybridized carbons (Fsp3) is 0.273. The van der Waals surface area contributed by atoms with E-state index in [2.05, 4.69) is 0 Å². The van der Waals surface area contributed by atoms with Crippen LogP contribution in [-0.4, -0.2) is 35.4 Å². The number of methoxy groups -OCH3 is 1. The lowest BCUT2D eigenvalue weighted by molar-refractivity contribution is -0.139. The molecule has 0 aliphatic carbocycles. The molecule has 0 radical (unpaired) electrons. The molecule has 1 fully saturated rings. The summed E-state index contributed by atoms with van der Waals surface area (Å²) in [7, 11) is 1.50. The van der Waals surface area contributed by atoms with Gasteiger partial charge in [-0.2, -0.15) is 0 Å². The van der Waals surface area contributed by atoms with E-state index in [4.69, 9.17) is 4.74 Å². The summed E-state index contributed by atoms with van der Waals surface area (Å²) in [4.78, 5) is 27.1. The summed E-state index contributed by atoms with van der Waals surface area (Å²) in [5.74, 6) is -1.00. The fourth-order valence-electron chi connectivity index (χ4n) is 3.41. The second kappa shape index (κ2) is 8.08. The van der Waals surface area contributed by atoms with E-state index in [0.717, 1.165) is 18.4 Å². The number of unbranched alkanes of at least 4 members (excludes halogenated alkanes) is 1. The molecular weight excluding hydrogens is 342 g/mol. The Morgan fingerprint density at radius 2 is 1.74 bits per heavy atom. The highest BCUT2D eigenvalue weighted by Crippen LogP contribution is 2.40. The van der Waals surface area contributed by atoms with Gasteiger partial charge < -0.3 is 14.7 Å². The fourth-order valence-corrected chi connectivity index (χ4v) is 3.41. The number of ketones is 1. The van der Waals surface area contributed by atoms with Gasteiger partial charge in [-0.15, -0.1) is 0 Å². The third-order valence-electron chi connectivity index (χ3n) is 4.77. The second-order valence-corrected chi connectivity index (χ2v) is 6.46. The first-order valence-electron chi connectivity index (χ1n) is 9.06. The van der Waals surface area contributed by atoms with Crippen molar-refractivity contribution in [3.63, 3.8) is 0 Å². The lowest BCUT2D eigenvalue weighted by Gasteiger charge is -2.25. The molecular formula is C22H23NO4. The Morgan fingerprint density at radius 1 is 1.07 bits per heavy atom. The van der Waals surface area contributed by atoms with E-state index in [0.29, 0.717) is 17.9 Å². The lowest BCUT2D eigenvalue weighted by atomic mass is 9.95. The number of rotatable bonds is 6. The van der Waals surface area contributed by atoms with E-state index in [1.165, 1.54) is 7.11 Å². The van der Waals surface area contributed by atoms with Crippen LogP contribution >= 0.6 is 0 Å². The Hall–Kier alpha value is -3.08. The van der Waals surface area contributed by atoms with Gasteiger partial charge in [0.15, 0.2) is 0 Å². The van der Waals surface area contributed by atoms with Crippen LogP contribution in [0.15, 0.2) is 60.2 Å². The smallest absolute Gasteiger partial charge is 0.295 e. The summed E-state index contributed by atoms with van der Waals surface area (Å²) < 4.78 is 5.32. The van der Waals surface area contributed by atoms with Crippen LogP contribution < -0.4 is 4.74 Å². The first-order valence-corrected chi connectivity index (χ1v) is 9.06. The number of carbonyl (C=O) groups excluding carboxylic acids is 2. The molecule has 1 aliphatic heterocycles. The molecule has 140 valence electrons. The number of ether oxygens (including phenoxy) is 1. The molecule has 1 aliphatic rings. The van der Waals surface area contributed by atoms with Crippen molar-refractivity contribution >= 4 is 17.4 Å². The van der Waals surface area contributed by atoms with Gasteiger partial charge in [-0.3, -0.25) is 9.59 Å². The average molecular weight is 365 g/mol. The van der Waals surface area contributed by atoms with Crippen molar-refractivity contribution in [3.8, 4) is 5.75 Å². The summed E-state index contributed by atoms with van der Waals surface area (Å²) in [5.41, 5.74) is 1.30. The number of aliphatic hydroxyl groups excluding tert-OH is 1. The largest absolute Gasteiger partial charge is 0.507 e. The van der Waals surface area contributed by atoms with Crippen molar-refractivity contribution < 1.29 is 19.4 Å². The summed E-state index contributed by atoms with van der Waals surface area (Å²) in [6.45, 7) is 2.49. The Kier molecular flexibility index (Phi) is 5.60. The van der Waals surface area contributed by atoms with Gasteiger partial charge in [0.1, 0.15) is 11.5 Å². The van der Waals surface area contributed by atoms with E-state index >= 15 is 0 Å². The Bertz CT molecular complexity index is 873. The summed E-state index contributed by atoms with van der Waals surface area (Å²) in [6.07, 6.45) is 1.68. The Morgan fingerprint density at radius 3 is 2.41 bits per heavy atom. The number of nitrogens with zero attached hydrogens (tertiary/aromatic N) is 1. The van der Waals surface area contributed by atoms with Crippen LogP contribution in [0.4, 0.5) is 0 Å². The normalized spacial score (nSPS) is 18.7. The van der Waals surface area contributed by atoms with Crippen molar-refractivity contribution in [3.05, 3.63) is 71.3 Å². The summed E-state index contributed by atoms with van der Waals surface area (Å²) in [6, 6.07) is 15.6. The van der Waals surface area contributed by atoms with Crippen LogP contribution in [0.2, 0.25) is 0 Å². The van der Waals surface area contributed by atoms with E-state index in [1.807, 2.05) is 37.3 Å². The Balaban J connectivity index is 2.18. The van der Waals surface area contributed by atoms with Crippen molar-refractivity contribution in [2.45, 2.75) is 25.8 Å². The van der Waals surface area contributed by atoms with Gasteiger partial charge in [-0.1, -0.05) is 55.8 Å². The molecule has 0 bridgehead atoms. The van der Waals surface area contributed by atoms with Gasteiger partial charge in [0, 0.05) is 6.54 Å². The first-order chi connectivity index (χ1) is 13.1. The molecule has 1 unspecified atom stereocenters. The molecule has 1 amide bonds. The topological polar surface area (TPSA) is 66.8 Å². The zero-order valence-electron chi connectivity index (χ0n) is 15.5. The number of carbonyl (C=O) groups is 2. The molecule has 1 atom stereocenters. The molecule has 5 heteroatoms. The van der Waals surface area contributed by atoms with E-state index in [1.54, 1.807) is 29.2 Å². The quantitative estimate of drug-likeness (QED) is 0.479. The maximum atomic E-state index is 12.8. The van der Waals surface area contributed by atoms with Gasteiger partial charge in [0.05, 0.1) is 24.3 Å². The zero-order chi connectivity index (χ0) is 19.4. The first kappa shape index (κ1) is 18.7. The third-order valence-corrected chi connectivity index (χ3v) is 4.77. The molecule has 1 heterocycles. The third kappa shape index (κ3) is 3.45. The van der Waals surface area contributed by atoms with Gasteiger partial charge in [-0.25, -0.2) is 0 Å². The molecule has 2 aromatic carbocycles. The minimum Gasteiger partial charge on any atom is -0.507 e. The van der Waals surface area contributed by atoms with Crippen molar-refractivity contribution in [1.29, 1.82) is 0 Å². The number of aliphatic hydroxyl groups is 1. The molecule has 2 aromatic rings. The molecule has 0 aromatic heterocycles. The maximum absolute atomic E-state index is 12.8. The lowest BCUT2D eigenvalue weighted by Crippen LogP contribution is -2.30. The molecule has 1 N–H and O–H groups in total. The zero-order valence-corrected chi connectivity index (χ0v) is 15.5. The second-order valence-electron chi connectivity index (χ2n) is 6.46. The van der Waals surface area contributed by atoms with Crippen LogP contribution in [0.25, 0.3) is 5.76 Å². The summed E-state index contributed by atoms with van der Waals surface area (Å²) >= 11 is 0. The number of hydrogen-bond donors (Lipinski definition) is 1. The predicted molar refractivity (Wildman–Crippen MR) is 103 cm³/mol. The number of likely N-dealkylation sites (tertiary alicyclic amines) is 1. The SMILES string of the molecule is CCCCN1C(=O)C(=O)/C(=C(\O)c2ccccc2OC)C1c1ccccc1. The van der Waals surface area contributed by atoms with E-state index < -0.39 is 17.7 Å². The standard InChI is InChI=1S/C22H23NO4/c1-3-4-14-23-19(15-10-6-5-7-11-15)18(21(25)22(23)26)20(24)16-12-8-9-13-17(16)27-2/h5-13,19,24H,3-4,14H2,1-2H3/b20-18-. The van der Waals surface area contributed by atoms with E-state index in [9.17, 15) is 14.7 Å². The van der Waals surface area contributed by atoms with E-state index in [-0.39, 0.29) is 11.3 Å². The average Bonchev–Trinajstić information content (AvgIpc) is 2.97. The number of Topliss-reactive ketones (excluding diaryl/α,β-unsaturated/α-hetero) is 1. The number of hydrogen-bond acceptors (Lipinski definition) is 4. The minimum atomic E-state index is -0.664. The number of para-hydroxylation sites is 1. The van der Waals surface area contributed by atoms with Crippen molar-refractivity contribution in [2.75, 3.05) is 13.7 Å². The van der Waals surface area contributed by atoms with Crippen LogP contribution in [-0.2, 0) is 9.59 Å². The van der Waals surface area contributed by atoms with Gasteiger partial charge in [-0.05, 0) is 24.1 Å². The van der Waals surface area contributed by atoms with Crippen LogP contribution in [0.1, 0.15) is 36.9 Å². The van der Waals surface area contributed by atoms with Crippen LogP contribution in [0, 0.1) is 0 Å². The maximum Gasteiger partial charge on any atom is 0.295 e. The molecule has 1 saturated heterocycles. The highest BCUT2D eigenvalue weighted by Gasteiger charge is 2.45. The van der Waals surface area contributed by atoms with Gasteiger partial charge in [0.25, 0.3) is 11.7 Å². The van der Waals surface area contributed by atoms with Crippen molar-refractivity contribution in [2.24, 2.45) is 0 Å². The number of benzene rings is 2. The molecule has 3 rings (SSSR count). The van der Waals surface area contributed by atoms with Crippen molar-refractivity contribution in [1.82, 2.24) is 4.90 Å².